The zero-order valence-corrected chi connectivity index (χ0v) is 13.2. The van der Waals surface area contributed by atoms with Crippen molar-refractivity contribution >= 4 is 11.9 Å². The van der Waals surface area contributed by atoms with Crippen molar-refractivity contribution in [2.45, 2.75) is 58.1 Å². The summed E-state index contributed by atoms with van der Waals surface area (Å²) in [5.41, 5.74) is 4.92. The average molecular weight is 320 g/mol. The highest BCUT2D eigenvalue weighted by Gasteiger charge is 2.23. The lowest BCUT2D eigenvalue weighted by atomic mass is 10.2. The minimum absolute atomic E-state index is 0.00552. The summed E-state index contributed by atoms with van der Waals surface area (Å²) in [6.07, 6.45) is 1.74. The standard InChI is InChI=1S/C13H24N2O7/c1-13(2,3)22-12(17)10(14)9-20-11(16)7-5-4-6-8-21-15(18)19/h10H,4-9,14H2,1-3H3. The van der Waals surface area contributed by atoms with Crippen molar-refractivity contribution in [3.63, 3.8) is 0 Å². The fourth-order valence-electron chi connectivity index (χ4n) is 1.39. The maximum atomic E-state index is 11.6. The molecule has 1 atom stereocenters. The van der Waals surface area contributed by atoms with Crippen molar-refractivity contribution in [1.82, 2.24) is 0 Å². The summed E-state index contributed by atoms with van der Waals surface area (Å²) in [6, 6.07) is -1.02. The highest BCUT2D eigenvalue weighted by Crippen LogP contribution is 2.08. The number of rotatable bonds is 10. The molecule has 0 rings (SSSR count). The third-order valence-corrected chi connectivity index (χ3v) is 2.36. The smallest absolute Gasteiger partial charge is 0.326 e. The second kappa shape index (κ2) is 9.93. The molecular formula is C13H24N2O7. The van der Waals surface area contributed by atoms with E-state index in [1.54, 1.807) is 20.8 Å². The normalized spacial score (nSPS) is 12.4. The van der Waals surface area contributed by atoms with E-state index in [2.05, 4.69) is 4.84 Å². The van der Waals surface area contributed by atoms with Gasteiger partial charge in [-0.2, -0.15) is 0 Å². The first-order valence-electron chi connectivity index (χ1n) is 7.03. The van der Waals surface area contributed by atoms with Gasteiger partial charge >= 0.3 is 11.9 Å². The van der Waals surface area contributed by atoms with Crippen LogP contribution in [0.3, 0.4) is 0 Å². The molecule has 0 heterocycles. The van der Waals surface area contributed by atoms with Gasteiger partial charge in [-0.1, -0.05) is 6.42 Å². The molecule has 0 fully saturated rings. The summed E-state index contributed by atoms with van der Waals surface area (Å²) < 4.78 is 9.93. The molecule has 0 radical (unpaired) electrons. The number of nitrogens with zero attached hydrogens (tertiary/aromatic N) is 1. The average Bonchev–Trinajstić information content (AvgIpc) is 2.37. The molecule has 2 N–H and O–H groups in total. The van der Waals surface area contributed by atoms with Gasteiger partial charge in [0.1, 0.15) is 18.2 Å². The van der Waals surface area contributed by atoms with E-state index in [0.717, 1.165) is 0 Å². The van der Waals surface area contributed by atoms with Crippen LogP contribution < -0.4 is 5.73 Å². The Morgan fingerprint density at radius 3 is 2.41 bits per heavy atom. The van der Waals surface area contributed by atoms with Crippen molar-refractivity contribution < 1.29 is 29.0 Å². The first-order valence-corrected chi connectivity index (χ1v) is 7.03. The Bertz CT molecular complexity index is 379. The van der Waals surface area contributed by atoms with Crippen LogP contribution in [0.25, 0.3) is 0 Å². The van der Waals surface area contributed by atoms with Crippen molar-refractivity contribution in [3.05, 3.63) is 10.1 Å². The summed E-state index contributed by atoms with van der Waals surface area (Å²) in [6.45, 7) is 4.91. The monoisotopic (exact) mass is 320 g/mol. The lowest BCUT2D eigenvalue weighted by Gasteiger charge is -2.22. The highest BCUT2D eigenvalue weighted by atomic mass is 16.9. The third-order valence-electron chi connectivity index (χ3n) is 2.36. The molecule has 0 aromatic heterocycles. The van der Waals surface area contributed by atoms with Crippen molar-refractivity contribution in [3.8, 4) is 0 Å². The number of unbranched alkanes of at least 4 members (excludes halogenated alkanes) is 2. The Balaban J connectivity index is 3.72. The number of esters is 2. The number of carbonyl (C=O) groups is 2. The molecule has 0 saturated carbocycles. The Labute approximate surface area is 129 Å². The minimum atomic E-state index is -1.02. The molecule has 0 spiro atoms. The lowest BCUT2D eigenvalue weighted by molar-refractivity contribution is -0.757. The van der Waals surface area contributed by atoms with Crippen LogP contribution in [0, 0.1) is 10.1 Å². The van der Waals surface area contributed by atoms with E-state index in [1.165, 1.54) is 0 Å². The fraction of sp³-hybridized carbons (Fsp3) is 0.846. The van der Waals surface area contributed by atoms with Gasteiger partial charge in [-0.25, -0.2) is 0 Å². The summed E-state index contributed by atoms with van der Waals surface area (Å²) in [5.74, 6) is -1.11. The second-order valence-corrected chi connectivity index (χ2v) is 5.69. The quantitative estimate of drug-likeness (QED) is 0.272. The van der Waals surface area contributed by atoms with Crippen molar-refractivity contribution in [2.24, 2.45) is 5.73 Å². The van der Waals surface area contributed by atoms with Crippen molar-refractivity contribution in [1.29, 1.82) is 0 Å². The van der Waals surface area contributed by atoms with Gasteiger partial charge in [0.05, 0.1) is 6.61 Å². The van der Waals surface area contributed by atoms with Gasteiger partial charge in [-0.05, 0) is 33.6 Å². The van der Waals surface area contributed by atoms with Gasteiger partial charge in [0.15, 0.2) is 0 Å². The molecule has 0 bridgehead atoms. The Morgan fingerprint density at radius 1 is 1.23 bits per heavy atom. The zero-order valence-electron chi connectivity index (χ0n) is 13.2. The maximum Gasteiger partial charge on any atom is 0.326 e. The molecule has 1 unspecified atom stereocenters. The summed E-state index contributed by atoms with van der Waals surface area (Å²) in [7, 11) is 0. The SMILES string of the molecule is CC(C)(C)OC(=O)C(N)COC(=O)CCCCCO[N+](=O)[O-]. The van der Waals surface area contributed by atoms with Gasteiger partial charge < -0.3 is 20.0 Å². The molecule has 22 heavy (non-hydrogen) atoms. The van der Waals surface area contributed by atoms with E-state index in [9.17, 15) is 19.7 Å². The lowest BCUT2D eigenvalue weighted by Crippen LogP contribution is -2.41. The maximum absolute atomic E-state index is 11.6. The van der Waals surface area contributed by atoms with Crippen LogP contribution in [0.15, 0.2) is 0 Å². The van der Waals surface area contributed by atoms with Crippen LogP contribution in [0.4, 0.5) is 0 Å². The molecule has 128 valence electrons. The van der Waals surface area contributed by atoms with E-state index in [4.69, 9.17) is 15.2 Å². The molecule has 0 aliphatic heterocycles. The van der Waals surface area contributed by atoms with Crippen LogP contribution in [0.5, 0.6) is 0 Å². The molecule has 9 nitrogen and oxygen atoms in total. The van der Waals surface area contributed by atoms with E-state index in [-0.39, 0.29) is 19.6 Å². The molecule has 0 aromatic rings. The summed E-state index contributed by atoms with van der Waals surface area (Å²) in [5, 5.41) is 9.04. The zero-order chi connectivity index (χ0) is 17.2. The number of hydrogen-bond acceptors (Lipinski definition) is 8. The van der Waals surface area contributed by atoms with E-state index >= 15 is 0 Å². The molecule has 0 aliphatic carbocycles. The first kappa shape index (κ1) is 20.1. The molecular weight excluding hydrogens is 296 g/mol. The number of carbonyl (C=O) groups excluding carboxylic acids is 2. The predicted molar refractivity (Wildman–Crippen MR) is 76.2 cm³/mol. The largest absolute Gasteiger partial charge is 0.463 e. The molecule has 9 heteroatoms. The summed E-state index contributed by atoms with van der Waals surface area (Å²) in [4.78, 5) is 37.0. The molecule has 0 aromatic carbocycles. The Morgan fingerprint density at radius 2 is 1.86 bits per heavy atom. The highest BCUT2D eigenvalue weighted by molar-refractivity contribution is 5.77. The summed E-state index contributed by atoms with van der Waals surface area (Å²) >= 11 is 0. The first-order chi connectivity index (χ1) is 10.1. The van der Waals surface area contributed by atoms with E-state index < -0.39 is 28.7 Å². The Kier molecular flexibility index (Phi) is 9.07. The second-order valence-electron chi connectivity index (χ2n) is 5.69. The molecule has 0 amide bonds. The number of ether oxygens (including phenoxy) is 2. The number of nitrogens with two attached hydrogens (primary N) is 1. The van der Waals surface area contributed by atoms with E-state index in [1.807, 2.05) is 0 Å². The number of hydrogen-bond donors (Lipinski definition) is 1. The van der Waals surface area contributed by atoms with Crippen LogP contribution in [0.1, 0.15) is 46.5 Å². The van der Waals surface area contributed by atoms with Crippen LogP contribution in [-0.4, -0.2) is 41.9 Å². The Hall–Kier alpha value is -1.90. The molecule has 0 saturated heterocycles. The van der Waals surface area contributed by atoms with Crippen LogP contribution in [-0.2, 0) is 23.9 Å². The van der Waals surface area contributed by atoms with Gasteiger partial charge in [-0.15, -0.1) is 10.1 Å². The van der Waals surface area contributed by atoms with Gasteiger partial charge in [0, 0.05) is 6.42 Å². The van der Waals surface area contributed by atoms with E-state index in [0.29, 0.717) is 19.3 Å². The van der Waals surface area contributed by atoms with Crippen LogP contribution >= 0.6 is 0 Å². The third kappa shape index (κ3) is 11.9. The minimum Gasteiger partial charge on any atom is -0.463 e. The van der Waals surface area contributed by atoms with Crippen molar-refractivity contribution in [2.75, 3.05) is 13.2 Å². The predicted octanol–water partition coefficient (Wildman–Crippen LogP) is 0.967. The van der Waals surface area contributed by atoms with Crippen LogP contribution in [0.2, 0.25) is 0 Å². The fourth-order valence-corrected chi connectivity index (χ4v) is 1.39. The van der Waals surface area contributed by atoms with Gasteiger partial charge in [-0.3, -0.25) is 9.59 Å². The topological polar surface area (TPSA) is 131 Å². The molecule has 0 aliphatic rings. The van der Waals surface area contributed by atoms with Gasteiger partial charge in [0.25, 0.3) is 5.09 Å². The van der Waals surface area contributed by atoms with Gasteiger partial charge in [0.2, 0.25) is 0 Å².